The van der Waals surface area contributed by atoms with Crippen molar-refractivity contribution in [2.75, 3.05) is 26.4 Å². The number of aliphatic hydroxyl groups is 4. The Morgan fingerprint density at radius 2 is 0.892 bits per heavy atom. The maximum atomic E-state index is 12.8. The van der Waals surface area contributed by atoms with Gasteiger partial charge < -0.3 is 39.4 Å². The highest BCUT2D eigenvalue weighted by Crippen LogP contribution is 2.23. The van der Waals surface area contributed by atoms with E-state index in [1.807, 2.05) is 0 Å². The molecule has 0 saturated carbocycles. The maximum absolute atomic E-state index is 12.8. The van der Waals surface area contributed by atoms with Crippen LogP contribution in [0.5, 0.6) is 0 Å². The fraction of sp³-hybridized carbons (Fsp3) is 0.911. The maximum Gasteiger partial charge on any atom is 0.306 e. The summed E-state index contributed by atoms with van der Waals surface area (Å²) in [5.74, 6) is -0.316. The van der Waals surface area contributed by atoms with E-state index in [-0.39, 0.29) is 19.2 Å². The zero-order valence-corrected chi connectivity index (χ0v) is 42.5. The Bertz CT molecular complexity index is 1050. The lowest BCUT2D eigenvalue weighted by molar-refractivity contribution is -0.305. The van der Waals surface area contributed by atoms with Crippen LogP contribution in [0.15, 0.2) is 24.3 Å². The standard InChI is InChI=1S/C56H106O9/c1-3-5-7-9-11-13-15-17-19-21-22-23-24-25-26-27-28-30-32-34-36-38-40-42-44-46-62-48-50(49-63-56-55(61)54(60)53(59)51(47-57)65-56)64-52(58)45-43-41-39-37-35-33-31-29-20-18-16-14-12-10-8-6-4-2/h12,14,18,20,50-51,53-57,59-61H,3-11,13,15-17,19,21-49H2,1-2H3/b14-12-,20-18-. The van der Waals surface area contributed by atoms with E-state index in [1.54, 1.807) is 0 Å². The first-order chi connectivity index (χ1) is 31.9. The Morgan fingerprint density at radius 3 is 1.35 bits per heavy atom. The van der Waals surface area contributed by atoms with Crippen molar-refractivity contribution in [3.63, 3.8) is 0 Å². The van der Waals surface area contributed by atoms with Crippen molar-refractivity contribution < 1.29 is 44.2 Å². The lowest BCUT2D eigenvalue weighted by Gasteiger charge is -2.39. The summed E-state index contributed by atoms with van der Waals surface area (Å²) in [6.45, 7) is 4.58. The highest BCUT2D eigenvalue weighted by Gasteiger charge is 2.44. The average molecular weight is 923 g/mol. The van der Waals surface area contributed by atoms with Gasteiger partial charge in [0.25, 0.3) is 0 Å². The molecule has 1 aliphatic rings. The first kappa shape index (κ1) is 61.7. The van der Waals surface area contributed by atoms with Crippen LogP contribution >= 0.6 is 0 Å². The third-order valence-electron chi connectivity index (χ3n) is 13.1. The van der Waals surface area contributed by atoms with E-state index in [4.69, 9.17) is 18.9 Å². The molecule has 6 atom stereocenters. The van der Waals surface area contributed by atoms with E-state index in [1.165, 1.54) is 199 Å². The van der Waals surface area contributed by atoms with E-state index in [0.717, 1.165) is 44.9 Å². The zero-order chi connectivity index (χ0) is 47.1. The minimum absolute atomic E-state index is 0.112. The summed E-state index contributed by atoms with van der Waals surface area (Å²) in [4.78, 5) is 12.8. The van der Waals surface area contributed by atoms with Gasteiger partial charge in [-0.1, -0.05) is 237 Å². The summed E-state index contributed by atoms with van der Waals surface area (Å²) >= 11 is 0. The molecule has 0 aliphatic carbocycles. The van der Waals surface area contributed by atoms with Gasteiger partial charge in [0.2, 0.25) is 0 Å². The Morgan fingerprint density at radius 1 is 0.492 bits per heavy atom. The van der Waals surface area contributed by atoms with E-state index in [9.17, 15) is 25.2 Å². The van der Waals surface area contributed by atoms with Gasteiger partial charge >= 0.3 is 5.97 Å². The van der Waals surface area contributed by atoms with Crippen LogP contribution in [0.25, 0.3) is 0 Å². The minimum atomic E-state index is -1.54. The van der Waals surface area contributed by atoms with E-state index >= 15 is 0 Å². The lowest BCUT2D eigenvalue weighted by Crippen LogP contribution is -2.59. The SMILES string of the molecule is CCCCC/C=C\C/C=C\CCCCCCCCCC(=O)OC(COCCCCCCCCCCCCCCCCCCCCCCCCCCC)COC1OC(CO)C(O)C(O)C1O. The van der Waals surface area contributed by atoms with Crippen LogP contribution in [0.3, 0.4) is 0 Å². The molecule has 384 valence electrons. The van der Waals surface area contributed by atoms with Gasteiger partial charge in [-0.15, -0.1) is 0 Å². The van der Waals surface area contributed by atoms with Crippen LogP contribution in [-0.2, 0) is 23.7 Å². The molecule has 0 bridgehead atoms. The van der Waals surface area contributed by atoms with Crippen LogP contribution in [0.2, 0.25) is 0 Å². The molecule has 4 N–H and O–H groups in total. The fourth-order valence-electron chi connectivity index (χ4n) is 8.76. The smallest absolute Gasteiger partial charge is 0.306 e. The van der Waals surface area contributed by atoms with Crippen molar-refractivity contribution in [3.05, 3.63) is 24.3 Å². The van der Waals surface area contributed by atoms with Crippen molar-refractivity contribution in [2.24, 2.45) is 0 Å². The van der Waals surface area contributed by atoms with Gasteiger partial charge in [0.15, 0.2) is 6.29 Å². The van der Waals surface area contributed by atoms with Crippen molar-refractivity contribution in [2.45, 2.75) is 301 Å². The Balaban J connectivity index is 2.14. The Kier molecular flexibility index (Phi) is 45.3. The number of carbonyl (C=O) groups excluding carboxylic acids is 1. The molecular weight excluding hydrogens is 817 g/mol. The first-order valence-corrected chi connectivity index (χ1v) is 27.9. The summed E-state index contributed by atoms with van der Waals surface area (Å²) in [5.41, 5.74) is 0. The molecule has 1 heterocycles. The molecule has 0 radical (unpaired) electrons. The molecule has 0 aromatic rings. The van der Waals surface area contributed by atoms with Gasteiger partial charge in [-0.3, -0.25) is 4.79 Å². The van der Waals surface area contributed by atoms with Crippen LogP contribution in [0.1, 0.15) is 264 Å². The number of allylic oxidation sites excluding steroid dienone is 4. The predicted octanol–water partition coefficient (Wildman–Crippen LogP) is 14.1. The van der Waals surface area contributed by atoms with Gasteiger partial charge in [-0.2, -0.15) is 0 Å². The third kappa shape index (κ3) is 38.2. The second-order valence-corrected chi connectivity index (χ2v) is 19.4. The van der Waals surface area contributed by atoms with Gasteiger partial charge in [0.1, 0.15) is 30.5 Å². The minimum Gasteiger partial charge on any atom is -0.457 e. The molecule has 0 aromatic carbocycles. The summed E-state index contributed by atoms with van der Waals surface area (Å²) in [5, 5.41) is 40.3. The van der Waals surface area contributed by atoms with Crippen LogP contribution in [0, 0.1) is 0 Å². The van der Waals surface area contributed by atoms with Crippen molar-refractivity contribution >= 4 is 5.97 Å². The monoisotopic (exact) mass is 923 g/mol. The molecule has 0 amide bonds. The third-order valence-corrected chi connectivity index (χ3v) is 13.1. The second-order valence-electron chi connectivity index (χ2n) is 19.4. The topological polar surface area (TPSA) is 135 Å². The van der Waals surface area contributed by atoms with E-state index < -0.39 is 43.4 Å². The molecule has 1 fully saturated rings. The largest absolute Gasteiger partial charge is 0.457 e. The Hall–Kier alpha value is -1.33. The molecule has 6 unspecified atom stereocenters. The van der Waals surface area contributed by atoms with Crippen LogP contribution in [-0.4, -0.2) is 89.6 Å². The average Bonchev–Trinajstić information content (AvgIpc) is 3.31. The number of rotatable bonds is 49. The fourth-order valence-corrected chi connectivity index (χ4v) is 8.76. The Labute approximate surface area is 400 Å². The molecule has 9 nitrogen and oxygen atoms in total. The number of unbranched alkanes of at least 4 members (excludes halogenated alkanes) is 34. The normalized spacial score (nSPS) is 19.5. The van der Waals surface area contributed by atoms with Gasteiger partial charge in [-0.05, 0) is 44.9 Å². The number of esters is 1. The summed E-state index contributed by atoms with van der Waals surface area (Å²) < 4.78 is 22.9. The number of aliphatic hydroxyl groups excluding tert-OH is 4. The molecular formula is C56H106O9. The predicted molar refractivity (Wildman–Crippen MR) is 270 cm³/mol. The van der Waals surface area contributed by atoms with Crippen molar-refractivity contribution in [3.8, 4) is 0 Å². The van der Waals surface area contributed by atoms with Gasteiger partial charge in [-0.25, -0.2) is 0 Å². The number of ether oxygens (including phenoxy) is 4. The van der Waals surface area contributed by atoms with Gasteiger partial charge in [0.05, 0.1) is 19.8 Å². The van der Waals surface area contributed by atoms with Crippen LogP contribution in [0.4, 0.5) is 0 Å². The molecule has 0 spiro atoms. The highest BCUT2D eigenvalue weighted by molar-refractivity contribution is 5.69. The second kappa shape index (κ2) is 47.7. The van der Waals surface area contributed by atoms with Crippen molar-refractivity contribution in [1.82, 2.24) is 0 Å². The number of hydrogen-bond donors (Lipinski definition) is 4. The first-order valence-electron chi connectivity index (χ1n) is 27.9. The van der Waals surface area contributed by atoms with E-state index in [0.29, 0.717) is 13.0 Å². The summed E-state index contributed by atoms with van der Waals surface area (Å²) in [6, 6.07) is 0. The quantitative estimate of drug-likeness (QED) is 0.0267. The molecule has 65 heavy (non-hydrogen) atoms. The molecule has 9 heteroatoms. The number of carbonyl (C=O) groups is 1. The van der Waals surface area contributed by atoms with Gasteiger partial charge in [0, 0.05) is 13.0 Å². The molecule has 0 aromatic heterocycles. The number of hydrogen-bond acceptors (Lipinski definition) is 9. The summed E-state index contributed by atoms with van der Waals surface area (Å²) in [6.07, 6.45) is 50.8. The molecule has 1 aliphatic heterocycles. The zero-order valence-electron chi connectivity index (χ0n) is 42.5. The van der Waals surface area contributed by atoms with E-state index in [2.05, 4.69) is 38.2 Å². The van der Waals surface area contributed by atoms with Crippen molar-refractivity contribution in [1.29, 1.82) is 0 Å². The summed E-state index contributed by atoms with van der Waals surface area (Å²) in [7, 11) is 0. The van der Waals surface area contributed by atoms with Crippen LogP contribution < -0.4 is 0 Å². The molecule has 1 rings (SSSR count). The lowest BCUT2D eigenvalue weighted by atomic mass is 9.99. The highest BCUT2D eigenvalue weighted by atomic mass is 16.7. The molecule has 1 saturated heterocycles.